The van der Waals surface area contributed by atoms with Crippen LogP contribution in [0.4, 0.5) is 4.79 Å². The summed E-state index contributed by atoms with van der Waals surface area (Å²) in [6.45, 7) is 5.73. The molecule has 0 radical (unpaired) electrons. The van der Waals surface area contributed by atoms with E-state index >= 15 is 0 Å². The van der Waals surface area contributed by atoms with E-state index in [0.717, 1.165) is 32.2 Å². The van der Waals surface area contributed by atoms with Crippen LogP contribution in [0.15, 0.2) is 0 Å². The molecule has 0 aromatic heterocycles. The van der Waals surface area contributed by atoms with Gasteiger partial charge in [-0.3, -0.25) is 19.9 Å². The summed E-state index contributed by atoms with van der Waals surface area (Å²) in [5, 5.41) is 4.75. The maximum absolute atomic E-state index is 11.9. The molecule has 114 valence electrons. The van der Waals surface area contributed by atoms with Crippen LogP contribution in [0.3, 0.4) is 0 Å². The van der Waals surface area contributed by atoms with Crippen LogP contribution in [-0.2, 0) is 4.79 Å². The van der Waals surface area contributed by atoms with Crippen molar-refractivity contribution in [2.75, 3.05) is 33.2 Å². The Morgan fingerprint density at radius 3 is 2.25 bits per heavy atom. The second-order valence-electron chi connectivity index (χ2n) is 5.75. The topological polar surface area (TPSA) is 64.7 Å². The standard InChI is InChI=1S/C14H26N4O2/c1-11(13(19)16-14(20)15-2)17-7-9-18(10-8-17)12-5-3-4-6-12/h11-12H,3-10H2,1-2H3,(H2,15,16,19,20)/t11-/m0/s1. The zero-order valence-corrected chi connectivity index (χ0v) is 12.5. The van der Waals surface area contributed by atoms with Crippen LogP contribution in [0.25, 0.3) is 0 Å². The van der Waals surface area contributed by atoms with Crippen molar-refractivity contribution in [2.24, 2.45) is 0 Å². The Kier molecular flexibility index (Phi) is 5.37. The monoisotopic (exact) mass is 282 g/mol. The molecule has 2 aliphatic rings. The Balaban J connectivity index is 1.77. The summed E-state index contributed by atoms with van der Waals surface area (Å²) in [6.07, 6.45) is 5.37. The predicted molar refractivity (Wildman–Crippen MR) is 77.5 cm³/mol. The third-order valence-electron chi connectivity index (χ3n) is 4.58. The number of rotatable bonds is 3. The third kappa shape index (κ3) is 3.70. The Morgan fingerprint density at radius 2 is 1.70 bits per heavy atom. The summed E-state index contributed by atoms with van der Waals surface area (Å²) < 4.78 is 0. The molecule has 2 N–H and O–H groups in total. The average Bonchev–Trinajstić information content (AvgIpc) is 3.00. The van der Waals surface area contributed by atoms with Gasteiger partial charge in [-0.05, 0) is 19.8 Å². The smallest absolute Gasteiger partial charge is 0.321 e. The van der Waals surface area contributed by atoms with E-state index in [1.807, 2.05) is 6.92 Å². The number of amides is 3. The molecule has 1 heterocycles. The maximum atomic E-state index is 11.9. The molecule has 1 aliphatic heterocycles. The van der Waals surface area contributed by atoms with Gasteiger partial charge >= 0.3 is 6.03 Å². The van der Waals surface area contributed by atoms with E-state index in [1.165, 1.54) is 32.7 Å². The van der Waals surface area contributed by atoms with Crippen molar-refractivity contribution in [1.82, 2.24) is 20.4 Å². The molecule has 0 unspecified atom stereocenters. The van der Waals surface area contributed by atoms with Gasteiger partial charge in [-0.15, -0.1) is 0 Å². The molecule has 1 saturated carbocycles. The van der Waals surface area contributed by atoms with Crippen molar-refractivity contribution in [3.63, 3.8) is 0 Å². The molecule has 6 nitrogen and oxygen atoms in total. The lowest BCUT2D eigenvalue weighted by atomic mass is 10.1. The number of hydrogen-bond acceptors (Lipinski definition) is 4. The Bertz CT molecular complexity index is 347. The van der Waals surface area contributed by atoms with Gasteiger partial charge in [0, 0.05) is 39.3 Å². The normalized spacial score (nSPS) is 23.5. The maximum Gasteiger partial charge on any atom is 0.321 e. The fraction of sp³-hybridized carbons (Fsp3) is 0.857. The summed E-state index contributed by atoms with van der Waals surface area (Å²) >= 11 is 0. The number of nitrogens with one attached hydrogen (secondary N) is 2. The Hall–Kier alpha value is -1.14. The van der Waals surface area contributed by atoms with Crippen LogP contribution in [0, 0.1) is 0 Å². The highest BCUT2D eigenvalue weighted by atomic mass is 16.2. The van der Waals surface area contributed by atoms with E-state index in [9.17, 15) is 9.59 Å². The van der Waals surface area contributed by atoms with Crippen LogP contribution in [0.5, 0.6) is 0 Å². The van der Waals surface area contributed by atoms with Crippen LogP contribution < -0.4 is 10.6 Å². The molecule has 0 aromatic rings. The van der Waals surface area contributed by atoms with Gasteiger partial charge in [0.1, 0.15) is 0 Å². The van der Waals surface area contributed by atoms with Crippen LogP contribution >= 0.6 is 0 Å². The molecule has 0 bridgehead atoms. The number of carbonyl (C=O) groups excluding carboxylic acids is 2. The summed E-state index contributed by atoms with van der Waals surface area (Å²) in [5.41, 5.74) is 0. The molecule has 0 spiro atoms. The molecule has 3 amide bonds. The Morgan fingerprint density at radius 1 is 1.10 bits per heavy atom. The highest BCUT2D eigenvalue weighted by Crippen LogP contribution is 2.24. The molecular weight excluding hydrogens is 256 g/mol. The van der Waals surface area contributed by atoms with Gasteiger partial charge in [-0.25, -0.2) is 4.79 Å². The summed E-state index contributed by atoms with van der Waals surface area (Å²) in [6, 6.07) is 0.0663. The second kappa shape index (κ2) is 7.04. The molecule has 2 rings (SSSR count). The molecule has 6 heteroatoms. The zero-order chi connectivity index (χ0) is 14.5. The fourth-order valence-electron chi connectivity index (χ4n) is 3.20. The molecule has 1 aliphatic carbocycles. The van der Waals surface area contributed by atoms with Crippen molar-refractivity contribution in [1.29, 1.82) is 0 Å². The lowest BCUT2D eigenvalue weighted by molar-refractivity contribution is -0.125. The van der Waals surface area contributed by atoms with Crippen LogP contribution in [0.1, 0.15) is 32.6 Å². The predicted octanol–water partition coefficient (Wildman–Crippen LogP) is 0.391. The van der Waals surface area contributed by atoms with Crippen molar-refractivity contribution in [2.45, 2.75) is 44.7 Å². The summed E-state index contributed by atoms with van der Waals surface area (Å²) in [7, 11) is 1.51. The molecule has 0 aromatic carbocycles. The first-order chi connectivity index (χ1) is 9.61. The minimum atomic E-state index is -0.438. The molecule has 1 saturated heterocycles. The van der Waals surface area contributed by atoms with Gasteiger partial charge in [-0.2, -0.15) is 0 Å². The van der Waals surface area contributed by atoms with Crippen molar-refractivity contribution in [3.8, 4) is 0 Å². The van der Waals surface area contributed by atoms with Gasteiger partial charge < -0.3 is 5.32 Å². The minimum Gasteiger partial charge on any atom is -0.341 e. The van der Waals surface area contributed by atoms with E-state index in [-0.39, 0.29) is 11.9 Å². The lowest BCUT2D eigenvalue weighted by Crippen LogP contribution is -2.56. The number of nitrogens with zero attached hydrogens (tertiary/aromatic N) is 2. The van der Waals surface area contributed by atoms with E-state index < -0.39 is 6.03 Å². The number of piperazine rings is 1. The zero-order valence-electron chi connectivity index (χ0n) is 12.5. The van der Waals surface area contributed by atoms with Crippen LogP contribution in [-0.4, -0.2) is 67.0 Å². The van der Waals surface area contributed by atoms with Crippen molar-refractivity contribution in [3.05, 3.63) is 0 Å². The van der Waals surface area contributed by atoms with Gasteiger partial charge in [-0.1, -0.05) is 12.8 Å². The van der Waals surface area contributed by atoms with Gasteiger partial charge in [0.15, 0.2) is 0 Å². The number of imide groups is 1. The van der Waals surface area contributed by atoms with Crippen molar-refractivity contribution >= 4 is 11.9 Å². The largest absolute Gasteiger partial charge is 0.341 e. The number of carbonyl (C=O) groups is 2. The number of urea groups is 1. The van der Waals surface area contributed by atoms with E-state index in [0.29, 0.717) is 0 Å². The van der Waals surface area contributed by atoms with Crippen molar-refractivity contribution < 1.29 is 9.59 Å². The fourth-order valence-corrected chi connectivity index (χ4v) is 3.20. The first-order valence-corrected chi connectivity index (χ1v) is 7.62. The van der Waals surface area contributed by atoms with E-state index in [4.69, 9.17) is 0 Å². The highest BCUT2D eigenvalue weighted by Gasteiger charge is 2.30. The third-order valence-corrected chi connectivity index (χ3v) is 4.58. The minimum absolute atomic E-state index is 0.223. The molecule has 1 atom stereocenters. The van der Waals surface area contributed by atoms with E-state index in [2.05, 4.69) is 20.4 Å². The van der Waals surface area contributed by atoms with Gasteiger partial charge in [0.25, 0.3) is 0 Å². The molecular formula is C14H26N4O2. The highest BCUT2D eigenvalue weighted by molar-refractivity contribution is 5.96. The second-order valence-corrected chi connectivity index (χ2v) is 5.75. The molecule has 2 fully saturated rings. The first kappa shape index (κ1) is 15.3. The lowest BCUT2D eigenvalue weighted by Gasteiger charge is -2.40. The van der Waals surface area contributed by atoms with E-state index in [1.54, 1.807) is 0 Å². The number of hydrogen-bond donors (Lipinski definition) is 2. The summed E-state index contributed by atoms with van der Waals surface area (Å²) in [5.74, 6) is -0.223. The first-order valence-electron chi connectivity index (χ1n) is 7.62. The summed E-state index contributed by atoms with van der Waals surface area (Å²) in [4.78, 5) is 27.8. The SMILES string of the molecule is CNC(=O)NC(=O)[C@H](C)N1CCN(C2CCCC2)CC1. The van der Waals surface area contributed by atoms with Gasteiger partial charge in [0.2, 0.25) is 5.91 Å². The molecule has 20 heavy (non-hydrogen) atoms. The van der Waals surface area contributed by atoms with Crippen LogP contribution in [0.2, 0.25) is 0 Å². The quantitative estimate of drug-likeness (QED) is 0.786. The Labute approximate surface area is 120 Å². The van der Waals surface area contributed by atoms with Gasteiger partial charge in [0.05, 0.1) is 6.04 Å². The average molecular weight is 282 g/mol.